The fourth-order valence-corrected chi connectivity index (χ4v) is 2.35. The Balaban J connectivity index is 2.32. The first kappa shape index (κ1) is 16.1. The van der Waals surface area contributed by atoms with E-state index in [-0.39, 0.29) is 18.9 Å². The predicted molar refractivity (Wildman–Crippen MR) is 82.7 cm³/mol. The molecule has 1 atom stereocenters. The molecule has 6 heteroatoms. The lowest BCUT2D eigenvalue weighted by Crippen LogP contribution is -2.34. The zero-order valence-corrected chi connectivity index (χ0v) is 13.0. The van der Waals surface area contributed by atoms with Crippen LogP contribution in [0.2, 0.25) is 0 Å². The van der Waals surface area contributed by atoms with Crippen molar-refractivity contribution in [3.05, 3.63) is 24.4 Å². The van der Waals surface area contributed by atoms with Crippen molar-refractivity contribution < 1.29 is 14.3 Å². The molecule has 6 nitrogen and oxygen atoms in total. The normalized spacial score (nSPS) is 19.7. The number of amidine groups is 1. The van der Waals surface area contributed by atoms with Gasteiger partial charge in [-0.2, -0.15) is 0 Å². The number of amides is 1. The first-order valence-corrected chi connectivity index (χ1v) is 7.64. The molecule has 2 rings (SSSR count). The average molecular weight is 303 g/mol. The second-order valence-corrected chi connectivity index (χ2v) is 5.07. The van der Waals surface area contributed by atoms with E-state index >= 15 is 0 Å². The molecule has 1 saturated heterocycles. The van der Waals surface area contributed by atoms with Gasteiger partial charge in [0.2, 0.25) is 5.91 Å². The van der Waals surface area contributed by atoms with Gasteiger partial charge in [-0.1, -0.05) is 19.4 Å². The third-order valence-corrected chi connectivity index (χ3v) is 3.45. The average Bonchev–Trinajstić information content (AvgIpc) is 2.83. The molecular weight excluding hydrogens is 282 g/mol. The van der Waals surface area contributed by atoms with Crippen LogP contribution in [0.15, 0.2) is 29.4 Å². The summed E-state index contributed by atoms with van der Waals surface area (Å²) in [6.07, 6.45) is 3.58. The summed E-state index contributed by atoms with van der Waals surface area (Å²) < 4.78 is 5.08. The number of esters is 1. The van der Waals surface area contributed by atoms with Gasteiger partial charge in [0.05, 0.1) is 6.61 Å². The fraction of sp³-hybridized carbons (Fsp3) is 0.500. The molecule has 0 aromatic carbocycles. The number of rotatable bonds is 6. The molecule has 1 aromatic rings. The Morgan fingerprint density at radius 3 is 2.91 bits per heavy atom. The lowest BCUT2D eigenvalue weighted by atomic mass is 10.1. The number of aromatic nitrogens is 1. The SMILES string of the molecule is CCCCN1C(=O)CC(C(=O)OCC)/C1=N/c1ccccn1. The van der Waals surface area contributed by atoms with Gasteiger partial charge in [-0.3, -0.25) is 14.5 Å². The van der Waals surface area contributed by atoms with E-state index in [1.807, 2.05) is 6.07 Å². The van der Waals surface area contributed by atoms with E-state index in [9.17, 15) is 9.59 Å². The van der Waals surface area contributed by atoms with Crippen molar-refractivity contribution >= 4 is 23.5 Å². The summed E-state index contributed by atoms with van der Waals surface area (Å²) in [4.78, 5) is 34.5. The highest BCUT2D eigenvalue weighted by molar-refractivity contribution is 6.15. The van der Waals surface area contributed by atoms with E-state index in [2.05, 4.69) is 16.9 Å². The molecule has 0 aliphatic carbocycles. The van der Waals surface area contributed by atoms with Crippen LogP contribution < -0.4 is 0 Å². The van der Waals surface area contributed by atoms with Crippen LogP contribution in [0.3, 0.4) is 0 Å². The van der Waals surface area contributed by atoms with Crippen LogP contribution in [0.25, 0.3) is 0 Å². The summed E-state index contributed by atoms with van der Waals surface area (Å²) in [5.41, 5.74) is 0. The van der Waals surface area contributed by atoms with Crippen LogP contribution >= 0.6 is 0 Å². The molecule has 0 saturated carbocycles. The zero-order valence-electron chi connectivity index (χ0n) is 13.0. The Kier molecular flexibility index (Phi) is 5.63. The van der Waals surface area contributed by atoms with Gasteiger partial charge in [0.25, 0.3) is 0 Å². The van der Waals surface area contributed by atoms with Gasteiger partial charge < -0.3 is 4.74 Å². The monoisotopic (exact) mass is 303 g/mol. The maximum Gasteiger partial charge on any atom is 0.317 e. The van der Waals surface area contributed by atoms with E-state index < -0.39 is 11.9 Å². The number of aliphatic imine (C=N–C) groups is 1. The highest BCUT2D eigenvalue weighted by Crippen LogP contribution is 2.25. The third kappa shape index (κ3) is 3.69. The van der Waals surface area contributed by atoms with E-state index in [1.165, 1.54) is 0 Å². The summed E-state index contributed by atoms with van der Waals surface area (Å²) in [6, 6.07) is 5.36. The molecule has 1 unspecified atom stereocenters. The Hall–Kier alpha value is -2.24. The first-order valence-electron chi connectivity index (χ1n) is 7.64. The summed E-state index contributed by atoms with van der Waals surface area (Å²) >= 11 is 0. The quantitative estimate of drug-likeness (QED) is 0.756. The number of unbranched alkanes of at least 4 members (excludes halogenated alkanes) is 1. The predicted octanol–water partition coefficient (Wildman–Crippen LogP) is 2.32. The molecule has 22 heavy (non-hydrogen) atoms. The van der Waals surface area contributed by atoms with E-state index in [0.29, 0.717) is 18.2 Å². The summed E-state index contributed by atoms with van der Waals surface area (Å²) in [5.74, 6) is -0.171. The number of carbonyl (C=O) groups excluding carboxylic acids is 2. The Bertz CT molecular complexity index is 557. The van der Waals surface area contributed by atoms with Crippen molar-refractivity contribution in [1.82, 2.24) is 9.88 Å². The summed E-state index contributed by atoms with van der Waals surface area (Å²) in [6.45, 7) is 4.66. The van der Waals surface area contributed by atoms with Crippen LogP contribution in [0.4, 0.5) is 5.82 Å². The Morgan fingerprint density at radius 1 is 1.45 bits per heavy atom. The topological polar surface area (TPSA) is 71.9 Å². The van der Waals surface area contributed by atoms with E-state index in [1.54, 1.807) is 30.2 Å². The van der Waals surface area contributed by atoms with Gasteiger partial charge in [-0.15, -0.1) is 0 Å². The lowest BCUT2D eigenvalue weighted by Gasteiger charge is -2.18. The maximum atomic E-state index is 12.2. The molecule has 1 aromatic heterocycles. The molecule has 1 aliphatic heterocycles. The molecule has 118 valence electrons. The largest absolute Gasteiger partial charge is 0.465 e. The maximum absolute atomic E-state index is 12.2. The van der Waals surface area contributed by atoms with Crippen molar-refractivity contribution in [3.63, 3.8) is 0 Å². The summed E-state index contributed by atoms with van der Waals surface area (Å²) in [5, 5.41) is 0. The molecule has 1 fully saturated rings. The lowest BCUT2D eigenvalue weighted by molar-refractivity contribution is -0.146. The number of ether oxygens (including phenoxy) is 1. The molecule has 0 spiro atoms. The number of carbonyl (C=O) groups is 2. The standard InChI is InChI=1S/C16H21N3O3/c1-3-5-10-19-14(20)11-12(16(21)22-4-2)15(19)18-13-8-6-7-9-17-13/h6-9,12H,3-5,10-11H2,1-2H3/b18-15-. The second kappa shape index (κ2) is 7.68. The third-order valence-electron chi connectivity index (χ3n) is 3.45. The van der Waals surface area contributed by atoms with Gasteiger partial charge in [0, 0.05) is 19.2 Å². The molecule has 0 radical (unpaired) electrons. The number of likely N-dealkylation sites (tertiary alicyclic amines) is 1. The molecule has 0 N–H and O–H groups in total. The van der Waals surface area contributed by atoms with Gasteiger partial charge >= 0.3 is 5.97 Å². The molecule has 0 bridgehead atoms. The number of pyridine rings is 1. The van der Waals surface area contributed by atoms with Crippen molar-refractivity contribution in [2.24, 2.45) is 10.9 Å². The van der Waals surface area contributed by atoms with Crippen molar-refractivity contribution in [2.75, 3.05) is 13.2 Å². The smallest absolute Gasteiger partial charge is 0.317 e. The fourth-order valence-electron chi connectivity index (χ4n) is 2.35. The van der Waals surface area contributed by atoms with Crippen molar-refractivity contribution in [3.8, 4) is 0 Å². The van der Waals surface area contributed by atoms with Crippen LogP contribution in [0.5, 0.6) is 0 Å². The van der Waals surface area contributed by atoms with Gasteiger partial charge in [-0.05, 0) is 25.5 Å². The Morgan fingerprint density at radius 2 is 2.27 bits per heavy atom. The van der Waals surface area contributed by atoms with Crippen LogP contribution in [-0.2, 0) is 14.3 Å². The minimum Gasteiger partial charge on any atom is -0.465 e. The zero-order chi connectivity index (χ0) is 15.9. The van der Waals surface area contributed by atoms with Gasteiger partial charge in [0.1, 0.15) is 11.8 Å². The van der Waals surface area contributed by atoms with Crippen molar-refractivity contribution in [2.45, 2.75) is 33.1 Å². The minimum atomic E-state index is -0.633. The highest BCUT2D eigenvalue weighted by Gasteiger charge is 2.41. The number of nitrogens with zero attached hydrogens (tertiary/aromatic N) is 3. The molecule has 2 heterocycles. The first-order chi connectivity index (χ1) is 10.7. The van der Waals surface area contributed by atoms with Gasteiger partial charge in [-0.25, -0.2) is 9.98 Å². The van der Waals surface area contributed by atoms with Crippen LogP contribution in [0.1, 0.15) is 33.1 Å². The van der Waals surface area contributed by atoms with Crippen LogP contribution in [0, 0.1) is 5.92 Å². The molecule has 1 aliphatic rings. The second-order valence-electron chi connectivity index (χ2n) is 5.07. The summed E-state index contributed by atoms with van der Waals surface area (Å²) in [7, 11) is 0. The molecular formula is C16H21N3O3. The van der Waals surface area contributed by atoms with Crippen LogP contribution in [-0.4, -0.2) is 40.7 Å². The van der Waals surface area contributed by atoms with E-state index in [0.717, 1.165) is 12.8 Å². The number of hydrogen-bond donors (Lipinski definition) is 0. The number of hydrogen-bond acceptors (Lipinski definition) is 5. The Labute approximate surface area is 130 Å². The molecule has 1 amide bonds. The van der Waals surface area contributed by atoms with Crippen molar-refractivity contribution in [1.29, 1.82) is 0 Å². The van der Waals surface area contributed by atoms with E-state index in [4.69, 9.17) is 4.74 Å². The highest BCUT2D eigenvalue weighted by atomic mass is 16.5. The minimum absolute atomic E-state index is 0.0822. The van der Waals surface area contributed by atoms with Gasteiger partial charge in [0.15, 0.2) is 5.82 Å².